The van der Waals surface area contributed by atoms with Crippen molar-refractivity contribution in [2.24, 2.45) is 5.92 Å². The minimum atomic E-state index is -3.54. The van der Waals surface area contributed by atoms with Crippen LogP contribution >= 0.6 is 0 Å². The van der Waals surface area contributed by atoms with Gasteiger partial charge in [-0.05, 0) is 31.5 Å². The fourth-order valence-corrected chi connectivity index (χ4v) is 2.29. The van der Waals surface area contributed by atoms with Crippen LogP contribution in [-0.4, -0.2) is 37.6 Å². The summed E-state index contributed by atoms with van der Waals surface area (Å²) in [5, 5.41) is 11.9. The third-order valence-electron chi connectivity index (χ3n) is 2.64. The van der Waals surface area contributed by atoms with Gasteiger partial charge in [-0.15, -0.1) is 0 Å². The van der Waals surface area contributed by atoms with E-state index in [1.54, 1.807) is 0 Å². The minimum Gasteiger partial charge on any atom is -0.480 e. The Morgan fingerprint density at radius 3 is 2.45 bits per heavy atom. The van der Waals surface area contributed by atoms with Crippen LogP contribution in [0, 0.1) is 5.92 Å². The summed E-state index contributed by atoms with van der Waals surface area (Å²) in [5.74, 6) is -0.423. The second-order valence-corrected chi connectivity index (χ2v) is 6.64. The molecule has 0 aliphatic carbocycles. The van der Waals surface area contributed by atoms with E-state index in [1.165, 1.54) is 25.4 Å². The first kappa shape index (κ1) is 16.4. The van der Waals surface area contributed by atoms with Gasteiger partial charge in [-0.1, -0.05) is 13.8 Å². The van der Waals surface area contributed by atoms with Crippen LogP contribution in [-0.2, 0) is 14.8 Å². The highest BCUT2D eigenvalue weighted by molar-refractivity contribution is 7.89. The average molecular weight is 301 g/mol. The van der Waals surface area contributed by atoms with Crippen LogP contribution in [0.1, 0.15) is 20.3 Å². The Kier molecular flexibility index (Phi) is 5.46. The molecule has 1 aromatic rings. The number of sulfonamides is 1. The summed E-state index contributed by atoms with van der Waals surface area (Å²) in [6.45, 7) is 3.85. The van der Waals surface area contributed by atoms with Crippen LogP contribution < -0.4 is 10.0 Å². The molecule has 0 saturated heterocycles. The van der Waals surface area contributed by atoms with E-state index in [2.05, 4.69) is 15.0 Å². The molecule has 1 rings (SSSR count). The lowest BCUT2D eigenvalue weighted by Crippen LogP contribution is -2.31. The molecule has 0 saturated carbocycles. The molecule has 1 unspecified atom stereocenters. The van der Waals surface area contributed by atoms with Crippen LogP contribution in [0.2, 0.25) is 0 Å². The SMILES string of the molecule is CNS(=O)(=O)c1ccc(NC(CC(C)C)C(=O)O)nc1. The van der Waals surface area contributed by atoms with E-state index < -0.39 is 22.0 Å². The van der Waals surface area contributed by atoms with Crippen molar-refractivity contribution in [3.63, 3.8) is 0 Å². The monoisotopic (exact) mass is 301 g/mol. The summed E-state index contributed by atoms with van der Waals surface area (Å²) in [6.07, 6.45) is 1.63. The predicted octanol–water partition coefficient (Wildman–Crippen LogP) is 0.901. The van der Waals surface area contributed by atoms with Gasteiger partial charge in [0.1, 0.15) is 16.8 Å². The number of carboxylic acids is 1. The molecule has 0 bridgehead atoms. The molecule has 0 spiro atoms. The van der Waals surface area contributed by atoms with Crippen molar-refractivity contribution in [2.45, 2.75) is 31.2 Å². The predicted molar refractivity (Wildman–Crippen MR) is 75.0 cm³/mol. The number of pyridine rings is 1. The van der Waals surface area contributed by atoms with Gasteiger partial charge in [-0.2, -0.15) is 0 Å². The first-order chi connectivity index (χ1) is 9.26. The molecule has 0 radical (unpaired) electrons. The molecule has 0 aliphatic heterocycles. The molecule has 0 fully saturated rings. The van der Waals surface area contributed by atoms with E-state index in [4.69, 9.17) is 5.11 Å². The number of nitrogens with one attached hydrogen (secondary N) is 2. The third kappa shape index (κ3) is 4.46. The van der Waals surface area contributed by atoms with Crippen LogP contribution in [0.3, 0.4) is 0 Å². The van der Waals surface area contributed by atoms with Gasteiger partial charge >= 0.3 is 5.97 Å². The highest BCUT2D eigenvalue weighted by Crippen LogP contribution is 2.14. The maximum absolute atomic E-state index is 11.5. The third-order valence-corrected chi connectivity index (χ3v) is 4.04. The Morgan fingerprint density at radius 1 is 1.40 bits per heavy atom. The highest BCUT2D eigenvalue weighted by Gasteiger charge is 2.19. The maximum Gasteiger partial charge on any atom is 0.326 e. The van der Waals surface area contributed by atoms with Crippen LogP contribution in [0.15, 0.2) is 23.2 Å². The number of hydrogen-bond acceptors (Lipinski definition) is 5. The minimum absolute atomic E-state index is 0.0290. The number of nitrogens with zero attached hydrogens (tertiary/aromatic N) is 1. The smallest absolute Gasteiger partial charge is 0.326 e. The van der Waals surface area contributed by atoms with E-state index in [0.717, 1.165) is 0 Å². The van der Waals surface area contributed by atoms with Crippen LogP contribution in [0.4, 0.5) is 5.82 Å². The number of aromatic nitrogens is 1. The standard InChI is InChI=1S/C12H19N3O4S/c1-8(2)6-10(12(16)17)15-11-5-4-9(7-14-11)20(18,19)13-3/h4-5,7-8,10,13H,6H2,1-3H3,(H,14,15)(H,16,17). The lowest BCUT2D eigenvalue weighted by molar-refractivity contribution is -0.138. The first-order valence-corrected chi connectivity index (χ1v) is 7.63. The van der Waals surface area contributed by atoms with Gasteiger partial charge in [0.15, 0.2) is 0 Å². The van der Waals surface area contributed by atoms with Crippen molar-refractivity contribution >= 4 is 21.8 Å². The Hall–Kier alpha value is -1.67. The molecular formula is C12H19N3O4S. The lowest BCUT2D eigenvalue weighted by atomic mass is 10.0. The first-order valence-electron chi connectivity index (χ1n) is 6.15. The van der Waals surface area contributed by atoms with E-state index in [-0.39, 0.29) is 10.8 Å². The van der Waals surface area contributed by atoms with Crippen molar-refractivity contribution in [2.75, 3.05) is 12.4 Å². The van der Waals surface area contributed by atoms with E-state index in [9.17, 15) is 13.2 Å². The highest BCUT2D eigenvalue weighted by atomic mass is 32.2. The van der Waals surface area contributed by atoms with Crippen molar-refractivity contribution < 1.29 is 18.3 Å². The summed E-state index contributed by atoms with van der Waals surface area (Å²) in [6, 6.07) is 2.06. The van der Waals surface area contributed by atoms with Gasteiger partial charge in [0, 0.05) is 6.20 Å². The summed E-state index contributed by atoms with van der Waals surface area (Å²) in [7, 11) is -2.23. The zero-order valence-electron chi connectivity index (χ0n) is 11.6. The van der Waals surface area contributed by atoms with E-state index in [1.807, 2.05) is 13.8 Å². The summed E-state index contributed by atoms with van der Waals surface area (Å²) < 4.78 is 25.2. The quantitative estimate of drug-likeness (QED) is 0.690. The maximum atomic E-state index is 11.5. The second-order valence-electron chi connectivity index (χ2n) is 4.75. The number of rotatable bonds is 7. The zero-order chi connectivity index (χ0) is 15.3. The van der Waals surface area contributed by atoms with Gasteiger partial charge in [-0.3, -0.25) is 0 Å². The molecule has 7 nitrogen and oxygen atoms in total. The van der Waals surface area contributed by atoms with E-state index in [0.29, 0.717) is 12.2 Å². The van der Waals surface area contributed by atoms with Crippen LogP contribution in [0.5, 0.6) is 0 Å². The lowest BCUT2D eigenvalue weighted by Gasteiger charge is -2.17. The molecule has 1 heterocycles. The molecule has 8 heteroatoms. The largest absolute Gasteiger partial charge is 0.480 e. The number of carbonyl (C=O) groups is 1. The number of anilines is 1. The van der Waals surface area contributed by atoms with Crippen molar-refractivity contribution in [1.82, 2.24) is 9.71 Å². The van der Waals surface area contributed by atoms with Crippen molar-refractivity contribution in [1.29, 1.82) is 0 Å². The Bertz CT molecular complexity index is 555. The zero-order valence-corrected chi connectivity index (χ0v) is 12.4. The number of hydrogen-bond donors (Lipinski definition) is 3. The molecule has 1 atom stereocenters. The van der Waals surface area contributed by atoms with Crippen molar-refractivity contribution in [3.05, 3.63) is 18.3 Å². The topological polar surface area (TPSA) is 108 Å². The molecule has 0 aliphatic rings. The summed E-state index contributed by atoms with van der Waals surface area (Å²) in [5.41, 5.74) is 0. The fraction of sp³-hybridized carbons (Fsp3) is 0.500. The molecule has 1 aromatic heterocycles. The van der Waals surface area contributed by atoms with E-state index >= 15 is 0 Å². The average Bonchev–Trinajstić information content (AvgIpc) is 2.38. The van der Waals surface area contributed by atoms with Crippen molar-refractivity contribution in [3.8, 4) is 0 Å². The van der Waals surface area contributed by atoms with Gasteiger partial charge in [0.05, 0.1) is 0 Å². The Morgan fingerprint density at radius 2 is 2.05 bits per heavy atom. The van der Waals surface area contributed by atoms with Gasteiger partial charge < -0.3 is 10.4 Å². The molecule has 20 heavy (non-hydrogen) atoms. The molecule has 0 amide bonds. The van der Waals surface area contributed by atoms with Gasteiger partial charge in [-0.25, -0.2) is 22.9 Å². The molecular weight excluding hydrogens is 282 g/mol. The van der Waals surface area contributed by atoms with Crippen LogP contribution in [0.25, 0.3) is 0 Å². The molecule has 112 valence electrons. The Balaban J connectivity index is 2.86. The molecule has 0 aromatic carbocycles. The normalized spacial score (nSPS) is 13.2. The Labute approximate surface area is 118 Å². The van der Waals surface area contributed by atoms with Gasteiger partial charge in [0.25, 0.3) is 0 Å². The summed E-state index contributed by atoms with van der Waals surface area (Å²) >= 11 is 0. The fourth-order valence-electron chi connectivity index (χ4n) is 1.61. The number of aliphatic carboxylic acids is 1. The number of carboxylic acid groups (broad SMARTS) is 1. The second kappa shape index (κ2) is 6.67. The summed E-state index contributed by atoms with van der Waals surface area (Å²) in [4.78, 5) is 15.1. The van der Waals surface area contributed by atoms with Gasteiger partial charge in [0.2, 0.25) is 10.0 Å². The molecule has 3 N–H and O–H groups in total.